The highest BCUT2D eigenvalue weighted by Gasteiger charge is 2.19. The van der Waals surface area contributed by atoms with E-state index in [1.807, 2.05) is 0 Å². The number of hydrogen-bond acceptors (Lipinski definition) is 4. The third kappa shape index (κ3) is 4.49. The predicted molar refractivity (Wildman–Crippen MR) is 98.3 cm³/mol. The Morgan fingerprint density at radius 2 is 1.92 bits per heavy atom. The molecule has 0 bridgehead atoms. The molecular weight excluding hydrogens is 415 g/mol. The molecule has 0 aliphatic rings. The second-order valence-corrected chi connectivity index (χ2v) is 8.12. The molecule has 9 heteroatoms. The number of methoxy groups -OCH3 is 1. The van der Waals surface area contributed by atoms with Crippen molar-refractivity contribution in [1.82, 2.24) is 0 Å². The number of anilines is 2. The standard InChI is InChI=1S/C16H16BrFN2O4S/c1-20(25(3,22)23)11-5-7-15(24-2)12(9-11)16(21)19-14-6-4-10(17)8-13(14)18/h4-9H,1-3H3,(H,19,21). The molecule has 0 heterocycles. The Bertz CT molecular complexity index is 918. The first-order chi connectivity index (χ1) is 11.6. The number of carbonyl (C=O) groups excluding carboxylic acids is 1. The number of nitrogens with one attached hydrogen (secondary N) is 1. The van der Waals surface area contributed by atoms with Gasteiger partial charge in [0.2, 0.25) is 10.0 Å². The average Bonchev–Trinajstić information content (AvgIpc) is 2.55. The van der Waals surface area contributed by atoms with Crippen LogP contribution in [0.3, 0.4) is 0 Å². The van der Waals surface area contributed by atoms with Crippen molar-refractivity contribution in [3.05, 3.63) is 52.3 Å². The first-order valence-corrected chi connectivity index (χ1v) is 9.66. The lowest BCUT2D eigenvalue weighted by atomic mass is 10.1. The monoisotopic (exact) mass is 430 g/mol. The number of amides is 1. The summed E-state index contributed by atoms with van der Waals surface area (Å²) >= 11 is 3.14. The van der Waals surface area contributed by atoms with E-state index < -0.39 is 21.7 Å². The van der Waals surface area contributed by atoms with Crippen LogP contribution in [-0.2, 0) is 10.0 Å². The number of rotatable bonds is 5. The van der Waals surface area contributed by atoms with Crippen LogP contribution >= 0.6 is 15.9 Å². The lowest BCUT2D eigenvalue weighted by molar-refractivity contribution is 0.102. The third-order valence-electron chi connectivity index (χ3n) is 3.47. The molecule has 2 aromatic carbocycles. The Balaban J connectivity index is 2.40. The topological polar surface area (TPSA) is 75.7 Å². The molecule has 0 saturated carbocycles. The molecule has 6 nitrogen and oxygen atoms in total. The van der Waals surface area contributed by atoms with Crippen molar-refractivity contribution < 1.29 is 22.3 Å². The van der Waals surface area contributed by atoms with E-state index in [4.69, 9.17) is 4.74 Å². The molecule has 0 radical (unpaired) electrons. The minimum absolute atomic E-state index is 0.00266. The maximum atomic E-state index is 13.9. The Hall–Kier alpha value is -2.13. The molecule has 0 fully saturated rings. The molecule has 0 saturated heterocycles. The van der Waals surface area contributed by atoms with Crippen molar-refractivity contribution in [3.8, 4) is 5.75 Å². The summed E-state index contributed by atoms with van der Waals surface area (Å²) in [6.07, 6.45) is 1.05. The van der Waals surface area contributed by atoms with Crippen LogP contribution in [0.15, 0.2) is 40.9 Å². The zero-order valence-electron chi connectivity index (χ0n) is 13.7. The number of ether oxygens (including phenoxy) is 1. The van der Waals surface area contributed by atoms with Gasteiger partial charge in [-0.1, -0.05) is 15.9 Å². The highest BCUT2D eigenvalue weighted by molar-refractivity contribution is 9.10. The number of nitrogens with zero attached hydrogens (tertiary/aromatic N) is 1. The Morgan fingerprint density at radius 3 is 2.48 bits per heavy atom. The predicted octanol–water partition coefficient (Wildman–Crippen LogP) is 3.24. The quantitative estimate of drug-likeness (QED) is 0.789. The molecule has 134 valence electrons. The highest BCUT2D eigenvalue weighted by Crippen LogP contribution is 2.27. The summed E-state index contributed by atoms with van der Waals surface area (Å²) in [5.74, 6) is -0.992. The Morgan fingerprint density at radius 1 is 1.24 bits per heavy atom. The van der Waals surface area contributed by atoms with Gasteiger partial charge in [0, 0.05) is 11.5 Å². The molecule has 0 atom stereocenters. The van der Waals surface area contributed by atoms with E-state index in [2.05, 4.69) is 21.2 Å². The smallest absolute Gasteiger partial charge is 0.259 e. The highest BCUT2D eigenvalue weighted by atomic mass is 79.9. The molecule has 1 N–H and O–H groups in total. The second kappa shape index (κ2) is 7.40. The van der Waals surface area contributed by atoms with E-state index in [9.17, 15) is 17.6 Å². The summed E-state index contributed by atoms with van der Waals surface area (Å²) in [5, 5.41) is 2.45. The van der Waals surface area contributed by atoms with Gasteiger partial charge in [0.25, 0.3) is 5.91 Å². The summed E-state index contributed by atoms with van der Waals surface area (Å²) in [5.41, 5.74) is 0.361. The van der Waals surface area contributed by atoms with E-state index in [0.717, 1.165) is 10.6 Å². The van der Waals surface area contributed by atoms with Crippen LogP contribution in [0.4, 0.5) is 15.8 Å². The second-order valence-electron chi connectivity index (χ2n) is 5.19. The van der Waals surface area contributed by atoms with Crippen molar-refractivity contribution in [3.63, 3.8) is 0 Å². The molecule has 0 aliphatic carbocycles. The molecule has 0 aromatic heterocycles. The summed E-state index contributed by atoms with van der Waals surface area (Å²) in [6.45, 7) is 0. The zero-order chi connectivity index (χ0) is 18.8. The summed E-state index contributed by atoms with van der Waals surface area (Å²) in [6, 6.07) is 8.58. The minimum Gasteiger partial charge on any atom is -0.496 e. The first kappa shape index (κ1) is 19.2. The molecule has 0 aliphatic heterocycles. The fourth-order valence-electron chi connectivity index (χ4n) is 2.04. The molecule has 0 unspecified atom stereocenters. The Labute approximate surface area is 153 Å². The zero-order valence-corrected chi connectivity index (χ0v) is 16.1. The lowest BCUT2D eigenvalue weighted by Gasteiger charge is -2.18. The van der Waals surface area contributed by atoms with E-state index in [1.165, 1.54) is 44.5 Å². The third-order valence-corrected chi connectivity index (χ3v) is 5.17. The van der Waals surface area contributed by atoms with Crippen LogP contribution in [0.1, 0.15) is 10.4 Å². The van der Waals surface area contributed by atoms with Crippen LogP contribution in [-0.4, -0.2) is 34.7 Å². The fourth-order valence-corrected chi connectivity index (χ4v) is 2.87. The molecule has 0 spiro atoms. The lowest BCUT2D eigenvalue weighted by Crippen LogP contribution is -2.25. The molecule has 25 heavy (non-hydrogen) atoms. The van der Waals surface area contributed by atoms with Gasteiger partial charge in [0.1, 0.15) is 11.6 Å². The summed E-state index contributed by atoms with van der Waals surface area (Å²) in [4.78, 5) is 12.5. The van der Waals surface area contributed by atoms with Crippen LogP contribution in [0.2, 0.25) is 0 Å². The van der Waals surface area contributed by atoms with Gasteiger partial charge < -0.3 is 10.1 Å². The molecular formula is C16H16BrFN2O4S. The number of benzene rings is 2. The van der Waals surface area contributed by atoms with E-state index >= 15 is 0 Å². The van der Waals surface area contributed by atoms with Gasteiger partial charge in [-0.15, -0.1) is 0 Å². The number of halogens is 2. The molecule has 1 amide bonds. The maximum Gasteiger partial charge on any atom is 0.259 e. The maximum absolute atomic E-state index is 13.9. The van der Waals surface area contributed by atoms with Crippen molar-refractivity contribution in [1.29, 1.82) is 0 Å². The number of carbonyl (C=O) groups is 1. The minimum atomic E-state index is -3.49. The SMILES string of the molecule is COc1ccc(N(C)S(C)(=O)=O)cc1C(=O)Nc1ccc(Br)cc1F. The van der Waals surface area contributed by atoms with Gasteiger partial charge in [0.15, 0.2) is 0 Å². The van der Waals surface area contributed by atoms with Crippen LogP contribution in [0, 0.1) is 5.82 Å². The fraction of sp³-hybridized carbons (Fsp3) is 0.188. The normalized spacial score (nSPS) is 11.1. The molecule has 2 aromatic rings. The first-order valence-electron chi connectivity index (χ1n) is 7.02. The van der Waals surface area contributed by atoms with Gasteiger partial charge in [-0.2, -0.15) is 0 Å². The van der Waals surface area contributed by atoms with E-state index in [-0.39, 0.29) is 22.7 Å². The van der Waals surface area contributed by atoms with Crippen molar-refractivity contribution in [2.45, 2.75) is 0 Å². The van der Waals surface area contributed by atoms with E-state index in [1.54, 1.807) is 6.07 Å². The van der Waals surface area contributed by atoms with Crippen molar-refractivity contribution in [2.24, 2.45) is 0 Å². The molecule has 2 rings (SSSR count). The van der Waals surface area contributed by atoms with Crippen LogP contribution in [0.25, 0.3) is 0 Å². The van der Waals surface area contributed by atoms with Gasteiger partial charge >= 0.3 is 0 Å². The van der Waals surface area contributed by atoms with Crippen LogP contribution < -0.4 is 14.4 Å². The number of hydrogen-bond donors (Lipinski definition) is 1. The van der Waals surface area contributed by atoms with Gasteiger partial charge in [-0.05, 0) is 36.4 Å². The van der Waals surface area contributed by atoms with Gasteiger partial charge in [0.05, 0.1) is 30.3 Å². The van der Waals surface area contributed by atoms with E-state index in [0.29, 0.717) is 4.47 Å². The largest absolute Gasteiger partial charge is 0.496 e. The average molecular weight is 431 g/mol. The van der Waals surface area contributed by atoms with Crippen molar-refractivity contribution in [2.75, 3.05) is 30.0 Å². The Kier molecular flexibility index (Phi) is 5.69. The van der Waals surface area contributed by atoms with Gasteiger partial charge in [-0.3, -0.25) is 9.10 Å². The van der Waals surface area contributed by atoms with Gasteiger partial charge in [-0.25, -0.2) is 12.8 Å². The van der Waals surface area contributed by atoms with Crippen molar-refractivity contribution >= 4 is 43.2 Å². The summed E-state index contributed by atoms with van der Waals surface area (Å²) < 4.78 is 44.0. The van der Waals surface area contributed by atoms with Crippen LogP contribution in [0.5, 0.6) is 5.75 Å². The number of sulfonamides is 1. The summed E-state index contributed by atoms with van der Waals surface area (Å²) in [7, 11) is -0.743.